The first-order chi connectivity index (χ1) is 16.4. The predicted molar refractivity (Wildman–Crippen MR) is 134 cm³/mol. The first-order valence-corrected chi connectivity index (χ1v) is 12.1. The Bertz CT molecular complexity index is 1260. The maximum atomic E-state index is 13.3. The number of imidazole rings is 1. The van der Waals surface area contributed by atoms with Crippen molar-refractivity contribution in [1.82, 2.24) is 20.2 Å². The van der Waals surface area contributed by atoms with Gasteiger partial charge in [0.25, 0.3) is 0 Å². The van der Waals surface area contributed by atoms with Crippen LogP contribution in [0.1, 0.15) is 49.7 Å². The third-order valence-corrected chi connectivity index (χ3v) is 6.47. The normalized spacial score (nSPS) is 16.3. The number of likely N-dealkylation sites (tertiary alicyclic amines) is 1. The number of methoxy groups -OCH3 is 1. The molecule has 1 aliphatic rings. The molecule has 2 atom stereocenters. The second-order valence-electron chi connectivity index (χ2n) is 8.66. The Morgan fingerprint density at radius 1 is 1.18 bits per heavy atom. The Hall–Kier alpha value is -3.31. The standard InChI is InChI=1S/C26H27BrN4O3/c1-16(2)23(30-26(33)34-3)25(32)31-14-4-5-22(31)24-28-20-13-10-18(15-21(20)29-24)7-6-17-8-11-19(27)12-9-17/h8-13,15-16,22-23H,4-5,14H2,1-3H3,(H,28,29)(H,30,33)/t22-,23-/m0/s1. The van der Waals surface area contributed by atoms with Crippen molar-refractivity contribution in [3.05, 3.63) is 63.9 Å². The van der Waals surface area contributed by atoms with Gasteiger partial charge in [-0.3, -0.25) is 4.79 Å². The summed E-state index contributed by atoms with van der Waals surface area (Å²) in [5.74, 6) is 6.93. The van der Waals surface area contributed by atoms with Gasteiger partial charge >= 0.3 is 6.09 Å². The molecule has 0 spiro atoms. The van der Waals surface area contributed by atoms with Crippen LogP contribution in [0.5, 0.6) is 0 Å². The summed E-state index contributed by atoms with van der Waals surface area (Å²) in [6.07, 6.45) is 1.08. The SMILES string of the molecule is COC(=O)N[C@H](C(=O)N1CCC[C@H]1c1nc2ccc(C#Cc3ccc(Br)cc3)cc2[nH]1)C(C)C. The van der Waals surface area contributed by atoms with E-state index in [9.17, 15) is 9.59 Å². The molecule has 0 unspecified atom stereocenters. The maximum Gasteiger partial charge on any atom is 0.407 e. The second kappa shape index (κ2) is 10.3. The van der Waals surface area contributed by atoms with Gasteiger partial charge in [0.15, 0.2) is 0 Å². The summed E-state index contributed by atoms with van der Waals surface area (Å²) in [6, 6.07) is 12.9. The zero-order chi connectivity index (χ0) is 24.2. The monoisotopic (exact) mass is 522 g/mol. The maximum absolute atomic E-state index is 13.3. The third-order valence-electron chi connectivity index (χ3n) is 5.94. The minimum Gasteiger partial charge on any atom is -0.453 e. The lowest BCUT2D eigenvalue weighted by molar-refractivity contribution is -0.135. The lowest BCUT2D eigenvalue weighted by Gasteiger charge is -2.29. The summed E-state index contributed by atoms with van der Waals surface area (Å²) < 4.78 is 5.73. The van der Waals surface area contributed by atoms with E-state index >= 15 is 0 Å². The van der Waals surface area contributed by atoms with E-state index < -0.39 is 12.1 Å². The van der Waals surface area contributed by atoms with E-state index in [2.05, 4.69) is 38.1 Å². The molecule has 1 saturated heterocycles. The molecule has 7 nitrogen and oxygen atoms in total. The average Bonchev–Trinajstić information content (AvgIpc) is 3.48. The van der Waals surface area contributed by atoms with Crippen LogP contribution in [-0.4, -0.2) is 46.6 Å². The minimum absolute atomic E-state index is 0.0737. The molecule has 2 heterocycles. The van der Waals surface area contributed by atoms with Gasteiger partial charge in [0, 0.05) is 22.1 Å². The van der Waals surface area contributed by atoms with Gasteiger partial charge in [0.2, 0.25) is 5.91 Å². The van der Waals surface area contributed by atoms with E-state index in [-0.39, 0.29) is 17.9 Å². The zero-order valence-corrected chi connectivity index (χ0v) is 21.0. The number of benzene rings is 2. The Balaban J connectivity index is 1.56. The highest BCUT2D eigenvalue weighted by Gasteiger charge is 2.37. The van der Waals surface area contributed by atoms with Crippen molar-refractivity contribution in [3.63, 3.8) is 0 Å². The summed E-state index contributed by atoms with van der Waals surface area (Å²) >= 11 is 3.43. The number of halogens is 1. The van der Waals surface area contributed by atoms with Crippen molar-refractivity contribution in [3.8, 4) is 11.8 Å². The Labute approximate surface area is 207 Å². The van der Waals surface area contributed by atoms with Crippen LogP contribution in [0, 0.1) is 17.8 Å². The smallest absolute Gasteiger partial charge is 0.407 e. The number of rotatable bonds is 4. The van der Waals surface area contributed by atoms with Crippen LogP contribution in [0.2, 0.25) is 0 Å². The Kier molecular flexibility index (Phi) is 7.23. The summed E-state index contributed by atoms with van der Waals surface area (Å²) in [5.41, 5.74) is 3.53. The average molecular weight is 523 g/mol. The zero-order valence-electron chi connectivity index (χ0n) is 19.4. The van der Waals surface area contributed by atoms with Crippen molar-refractivity contribution in [1.29, 1.82) is 0 Å². The molecule has 0 saturated carbocycles. The van der Waals surface area contributed by atoms with Gasteiger partial charge in [-0.2, -0.15) is 0 Å². The Morgan fingerprint density at radius 2 is 1.88 bits per heavy atom. The number of amides is 2. The largest absolute Gasteiger partial charge is 0.453 e. The second-order valence-corrected chi connectivity index (χ2v) is 9.57. The number of aromatic amines is 1. The molecule has 2 aromatic carbocycles. The van der Waals surface area contributed by atoms with Gasteiger partial charge < -0.3 is 19.9 Å². The molecule has 4 rings (SSSR count). The van der Waals surface area contributed by atoms with Gasteiger partial charge in [-0.15, -0.1) is 0 Å². The summed E-state index contributed by atoms with van der Waals surface area (Å²) in [7, 11) is 1.29. The van der Waals surface area contributed by atoms with E-state index in [1.54, 1.807) is 0 Å². The van der Waals surface area contributed by atoms with E-state index in [1.807, 2.05) is 61.2 Å². The number of carbonyl (C=O) groups excluding carboxylic acids is 2. The molecule has 1 fully saturated rings. The molecule has 2 N–H and O–H groups in total. The topological polar surface area (TPSA) is 87.3 Å². The summed E-state index contributed by atoms with van der Waals surface area (Å²) in [5, 5.41) is 2.68. The fourth-order valence-electron chi connectivity index (χ4n) is 4.14. The van der Waals surface area contributed by atoms with Gasteiger partial charge in [0.05, 0.1) is 24.2 Å². The molecular weight excluding hydrogens is 496 g/mol. The number of ether oxygens (including phenoxy) is 1. The van der Waals surface area contributed by atoms with Crippen LogP contribution in [-0.2, 0) is 9.53 Å². The van der Waals surface area contributed by atoms with E-state index in [4.69, 9.17) is 9.72 Å². The first-order valence-electron chi connectivity index (χ1n) is 11.3. The number of nitrogens with one attached hydrogen (secondary N) is 2. The molecule has 1 aromatic heterocycles. The van der Waals surface area contributed by atoms with Crippen LogP contribution in [0.3, 0.4) is 0 Å². The molecule has 0 bridgehead atoms. The summed E-state index contributed by atoms with van der Waals surface area (Å²) in [4.78, 5) is 35.1. The molecule has 34 heavy (non-hydrogen) atoms. The van der Waals surface area contributed by atoms with Gasteiger partial charge in [0.1, 0.15) is 11.9 Å². The van der Waals surface area contributed by atoms with E-state index in [1.165, 1.54) is 7.11 Å². The Morgan fingerprint density at radius 3 is 2.59 bits per heavy atom. The van der Waals surface area contributed by atoms with Crippen molar-refractivity contribution in [2.24, 2.45) is 5.92 Å². The van der Waals surface area contributed by atoms with Crippen LogP contribution in [0.25, 0.3) is 11.0 Å². The highest BCUT2D eigenvalue weighted by atomic mass is 79.9. The molecule has 0 aliphatic carbocycles. The van der Waals surface area contributed by atoms with E-state index in [0.717, 1.165) is 45.3 Å². The molecule has 0 radical (unpaired) electrons. The molecule has 8 heteroatoms. The van der Waals surface area contributed by atoms with Crippen molar-refractivity contribution < 1.29 is 14.3 Å². The first kappa shape index (κ1) is 23.8. The van der Waals surface area contributed by atoms with Crippen LogP contribution < -0.4 is 5.32 Å². The van der Waals surface area contributed by atoms with Crippen LogP contribution in [0.4, 0.5) is 4.79 Å². The molecular formula is C26H27BrN4O3. The fourth-order valence-corrected chi connectivity index (χ4v) is 4.40. The number of hydrogen-bond acceptors (Lipinski definition) is 4. The third kappa shape index (κ3) is 5.26. The molecule has 2 amide bonds. The van der Waals surface area contributed by atoms with Crippen molar-refractivity contribution in [2.45, 2.75) is 38.8 Å². The number of hydrogen-bond donors (Lipinski definition) is 2. The van der Waals surface area contributed by atoms with Gasteiger partial charge in [-0.05, 0) is 61.2 Å². The fraction of sp³-hybridized carbons (Fsp3) is 0.346. The predicted octanol–water partition coefficient (Wildman–Crippen LogP) is 4.77. The van der Waals surface area contributed by atoms with Gasteiger partial charge in [-0.25, -0.2) is 9.78 Å². The number of alkyl carbamates (subject to hydrolysis) is 1. The number of nitrogens with zero attached hydrogens (tertiary/aromatic N) is 2. The van der Waals surface area contributed by atoms with Crippen LogP contribution in [0.15, 0.2) is 46.9 Å². The number of aromatic nitrogens is 2. The van der Waals surface area contributed by atoms with Crippen LogP contribution >= 0.6 is 15.9 Å². The number of H-pyrrole nitrogens is 1. The minimum atomic E-state index is -0.655. The van der Waals surface area contributed by atoms with Gasteiger partial charge in [-0.1, -0.05) is 41.6 Å². The number of carbonyl (C=O) groups is 2. The van der Waals surface area contributed by atoms with Crippen molar-refractivity contribution >= 4 is 39.0 Å². The highest BCUT2D eigenvalue weighted by molar-refractivity contribution is 9.10. The highest BCUT2D eigenvalue weighted by Crippen LogP contribution is 2.32. The lowest BCUT2D eigenvalue weighted by Crippen LogP contribution is -2.51. The molecule has 3 aromatic rings. The molecule has 176 valence electrons. The van der Waals surface area contributed by atoms with Crippen molar-refractivity contribution in [2.75, 3.05) is 13.7 Å². The lowest BCUT2D eigenvalue weighted by atomic mass is 10.0. The number of fused-ring (bicyclic) bond motifs is 1. The quantitative estimate of drug-likeness (QED) is 0.483. The molecule has 1 aliphatic heterocycles. The summed E-state index contributed by atoms with van der Waals surface area (Å²) in [6.45, 7) is 4.43. The van der Waals surface area contributed by atoms with E-state index in [0.29, 0.717) is 6.54 Å².